The molecule has 2 N–H and O–H groups in total. The summed E-state index contributed by atoms with van der Waals surface area (Å²) in [5.41, 5.74) is 8.06. The zero-order valence-electron chi connectivity index (χ0n) is 11.4. The number of rotatable bonds is 2. The summed E-state index contributed by atoms with van der Waals surface area (Å²) in [5, 5.41) is 0. The van der Waals surface area contributed by atoms with Gasteiger partial charge in [-0.1, -0.05) is 23.9 Å². The summed E-state index contributed by atoms with van der Waals surface area (Å²) in [4.78, 5) is 2.17. The Balaban J connectivity index is 1.88. The van der Waals surface area contributed by atoms with E-state index in [2.05, 4.69) is 0 Å². The molecule has 1 heterocycles. The topological polar surface area (TPSA) is 44.5 Å². The molecule has 2 aromatic rings. The smallest absolute Gasteiger partial charge is 0.162 e. The molecule has 0 unspecified atom stereocenters. The maximum absolute atomic E-state index is 6.12. The second-order valence-electron chi connectivity index (χ2n) is 4.75. The highest BCUT2D eigenvalue weighted by Gasteiger charge is 2.12. The van der Waals surface area contributed by atoms with Crippen LogP contribution in [0.25, 0.3) is 0 Å². The Kier molecular flexibility index (Phi) is 3.74. The van der Waals surface area contributed by atoms with Crippen molar-refractivity contribution in [2.24, 2.45) is 0 Å². The van der Waals surface area contributed by atoms with Gasteiger partial charge in [-0.2, -0.15) is 0 Å². The van der Waals surface area contributed by atoms with Gasteiger partial charge in [-0.05, 0) is 36.8 Å². The summed E-state index contributed by atoms with van der Waals surface area (Å²) in [5.74, 6) is 1.64. The van der Waals surface area contributed by atoms with Gasteiger partial charge in [-0.25, -0.2) is 0 Å². The molecule has 3 rings (SSSR count). The van der Waals surface area contributed by atoms with Crippen molar-refractivity contribution in [3.63, 3.8) is 0 Å². The summed E-state index contributed by atoms with van der Waals surface area (Å²) in [7, 11) is 0. The third-order valence-corrected chi connectivity index (χ3v) is 4.30. The van der Waals surface area contributed by atoms with E-state index < -0.39 is 0 Å². The molecule has 4 heteroatoms. The lowest BCUT2D eigenvalue weighted by Gasteiger charge is -2.11. The molecule has 3 nitrogen and oxygen atoms in total. The van der Waals surface area contributed by atoms with Crippen molar-refractivity contribution in [3.05, 3.63) is 42.0 Å². The number of nitrogen functional groups attached to an aromatic ring is 1. The maximum atomic E-state index is 6.12. The molecule has 1 aliphatic heterocycles. The van der Waals surface area contributed by atoms with Crippen molar-refractivity contribution in [2.45, 2.75) is 23.1 Å². The molecule has 0 bridgehead atoms. The Bertz CT molecular complexity index is 628. The molecule has 0 spiro atoms. The molecule has 0 aromatic heterocycles. The van der Waals surface area contributed by atoms with Gasteiger partial charge in [0.2, 0.25) is 0 Å². The van der Waals surface area contributed by atoms with Gasteiger partial charge in [-0.15, -0.1) is 0 Å². The highest BCUT2D eigenvalue weighted by molar-refractivity contribution is 7.99. The lowest BCUT2D eigenvalue weighted by atomic mass is 10.2. The molecule has 0 amide bonds. The number of hydrogen-bond acceptors (Lipinski definition) is 4. The summed E-state index contributed by atoms with van der Waals surface area (Å²) in [6.45, 7) is 3.44. The number of aryl methyl sites for hydroxylation is 1. The number of ether oxygens (including phenoxy) is 2. The highest BCUT2D eigenvalue weighted by atomic mass is 32.2. The van der Waals surface area contributed by atoms with E-state index >= 15 is 0 Å². The molecule has 0 radical (unpaired) electrons. The zero-order valence-corrected chi connectivity index (χ0v) is 12.2. The minimum absolute atomic E-state index is 0.702. The first-order chi connectivity index (χ1) is 9.74. The Morgan fingerprint density at radius 2 is 1.85 bits per heavy atom. The number of nitrogens with two attached hydrogens (primary N) is 1. The predicted octanol–water partition coefficient (Wildman–Crippen LogP) is 3.89. The van der Waals surface area contributed by atoms with Gasteiger partial charge in [0.1, 0.15) is 0 Å². The van der Waals surface area contributed by atoms with Gasteiger partial charge in [0, 0.05) is 21.9 Å². The molecule has 0 saturated heterocycles. The fourth-order valence-corrected chi connectivity index (χ4v) is 3.05. The minimum Gasteiger partial charge on any atom is -0.490 e. The van der Waals surface area contributed by atoms with Gasteiger partial charge in [0.05, 0.1) is 13.2 Å². The van der Waals surface area contributed by atoms with E-state index in [1.807, 2.05) is 43.3 Å². The first kappa shape index (κ1) is 13.2. The Hall–Kier alpha value is -1.81. The standard InChI is InChI=1S/C16H17NO2S/c1-11-4-2-5-15(16(11)17)20-12-6-7-13-14(10-12)19-9-3-8-18-13/h2,4-7,10H,3,8-9,17H2,1H3. The third kappa shape index (κ3) is 2.70. The van der Waals surface area contributed by atoms with Crippen molar-refractivity contribution < 1.29 is 9.47 Å². The molecule has 1 aliphatic rings. The Morgan fingerprint density at radius 3 is 2.70 bits per heavy atom. The summed E-state index contributed by atoms with van der Waals surface area (Å²) in [6, 6.07) is 12.1. The van der Waals surface area contributed by atoms with E-state index in [0.29, 0.717) is 13.2 Å². The monoisotopic (exact) mass is 287 g/mol. The number of benzene rings is 2. The predicted molar refractivity (Wildman–Crippen MR) is 81.8 cm³/mol. The van der Waals surface area contributed by atoms with Crippen molar-refractivity contribution in [2.75, 3.05) is 18.9 Å². The van der Waals surface area contributed by atoms with Crippen molar-refractivity contribution >= 4 is 17.4 Å². The molecular formula is C16H17NO2S. The fraction of sp³-hybridized carbons (Fsp3) is 0.250. The van der Waals surface area contributed by atoms with Crippen LogP contribution in [0.15, 0.2) is 46.2 Å². The van der Waals surface area contributed by atoms with Crippen LogP contribution in [0.5, 0.6) is 11.5 Å². The van der Waals surface area contributed by atoms with E-state index in [-0.39, 0.29) is 0 Å². The van der Waals surface area contributed by atoms with Crippen molar-refractivity contribution in [3.8, 4) is 11.5 Å². The summed E-state index contributed by atoms with van der Waals surface area (Å²) < 4.78 is 11.3. The van der Waals surface area contributed by atoms with Gasteiger partial charge in [0.15, 0.2) is 11.5 Å². The van der Waals surface area contributed by atoms with Gasteiger partial charge >= 0.3 is 0 Å². The molecule has 104 valence electrons. The fourth-order valence-electron chi connectivity index (χ4n) is 2.08. The summed E-state index contributed by atoms with van der Waals surface area (Å²) >= 11 is 1.65. The molecule has 0 aliphatic carbocycles. The lowest BCUT2D eigenvalue weighted by Crippen LogP contribution is -1.97. The first-order valence-corrected chi connectivity index (χ1v) is 7.48. The molecule has 0 atom stereocenters. The SMILES string of the molecule is Cc1cccc(Sc2ccc3c(c2)OCCCO3)c1N. The largest absolute Gasteiger partial charge is 0.490 e. The van der Waals surface area contributed by atoms with Crippen molar-refractivity contribution in [1.82, 2.24) is 0 Å². The van der Waals surface area contributed by atoms with E-state index in [0.717, 1.165) is 39.0 Å². The second kappa shape index (κ2) is 5.67. The summed E-state index contributed by atoms with van der Waals surface area (Å²) in [6.07, 6.45) is 0.919. The molecule has 20 heavy (non-hydrogen) atoms. The molecule has 0 saturated carbocycles. The highest BCUT2D eigenvalue weighted by Crippen LogP contribution is 2.38. The van der Waals surface area contributed by atoms with E-state index in [9.17, 15) is 0 Å². The average Bonchev–Trinajstić information content (AvgIpc) is 2.69. The molecular weight excluding hydrogens is 270 g/mol. The van der Waals surface area contributed by atoms with Gasteiger partial charge in [-0.3, -0.25) is 0 Å². The van der Waals surface area contributed by atoms with E-state index in [1.165, 1.54) is 0 Å². The number of fused-ring (bicyclic) bond motifs is 1. The van der Waals surface area contributed by atoms with Crippen LogP contribution in [0.4, 0.5) is 5.69 Å². The molecule has 0 fully saturated rings. The van der Waals surface area contributed by atoms with E-state index in [1.54, 1.807) is 11.8 Å². The zero-order chi connectivity index (χ0) is 13.9. The number of para-hydroxylation sites is 1. The van der Waals surface area contributed by atoms with Crippen LogP contribution in [-0.2, 0) is 0 Å². The van der Waals surface area contributed by atoms with Crippen LogP contribution in [0.2, 0.25) is 0 Å². The van der Waals surface area contributed by atoms with Crippen LogP contribution in [0.3, 0.4) is 0 Å². The number of anilines is 1. The van der Waals surface area contributed by atoms with E-state index in [4.69, 9.17) is 15.2 Å². The van der Waals surface area contributed by atoms with Crippen LogP contribution in [-0.4, -0.2) is 13.2 Å². The maximum Gasteiger partial charge on any atom is 0.162 e. The van der Waals surface area contributed by atoms with Gasteiger partial charge in [0.25, 0.3) is 0 Å². The second-order valence-corrected chi connectivity index (χ2v) is 5.86. The van der Waals surface area contributed by atoms with Gasteiger partial charge < -0.3 is 15.2 Å². The lowest BCUT2D eigenvalue weighted by molar-refractivity contribution is 0.297. The quantitative estimate of drug-likeness (QED) is 0.851. The van der Waals surface area contributed by atoms with Crippen molar-refractivity contribution in [1.29, 1.82) is 0 Å². The van der Waals surface area contributed by atoms with Crippen LogP contribution in [0, 0.1) is 6.92 Å². The van der Waals surface area contributed by atoms with Crippen LogP contribution < -0.4 is 15.2 Å². The first-order valence-electron chi connectivity index (χ1n) is 6.66. The van der Waals surface area contributed by atoms with Crippen LogP contribution >= 0.6 is 11.8 Å². The normalized spacial score (nSPS) is 13.8. The average molecular weight is 287 g/mol. The molecule has 2 aromatic carbocycles. The Morgan fingerprint density at radius 1 is 1.05 bits per heavy atom. The van der Waals surface area contributed by atoms with Crippen LogP contribution in [0.1, 0.15) is 12.0 Å². The minimum atomic E-state index is 0.702. The third-order valence-electron chi connectivity index (χ3n) is 3.23. The Labute approximate surface area is 123 Å². The number of hydrogen-bond donors (Lipinski definition) is 1.